The zero-order chi connectivity index (χ0) is 34.7. The van der Waals surface area contributed by atoms with E-state index in [1.54, 1.807) is 122 Å². The van der Waals surface area contributed by atoms with Crippen LogP contribution in [0, 0.1) is 6.92 Å². The van der Waals surface area contributed by atoms with Gasteiger partial charge in [-0.3, -0.25) is 0 Å². The van der Waals surface area contributed by atoms with E-state index in [1.165, 1.54) is 0 Å². The van der Waals surface area contributed by atoms with E-state index in [2.05, 4.69) is 0 Å². The summed E-state index contributed by atoms with van der Waals surface area (Å²) in [5.41, 5.74) is 3.98. The second-order valence-electron chi connectivity index (χ2n) is 10.1. The molecule has 4 aromatic rings. The Hall–Kier alpha value is -5.64. The molecule has 0 aliphatic carbocycles. The van der Waals surface area contributed by atoms with Gasteiger partial charge in [0.25, 0.3) is 0 Å². The van der Waals surface area contributed by atoms with E-state index in [0.717, 1.165) is 11.1 Å². The number of hydrogen-bond acceptors (Lipinski definition) is 10. The monoisotopic (exact) mass is 646 g/mol. The Morgan fingerprint density at radius 3 is 1.23 bits per heavy atom. The summed E-state index contributed by atoms with van der Waals surface area (Å²) in [6.07, 6.45) is 7.65. The van der Waals surface area contributed by atoms with Crippen LogP contribution in [0.25, 0.3) is 24.3 Å². The average molecular weight is 647 g/mol. The van der Waals surface area contributed by atoms with Crippen LogP contribution in [0.15, 0.2) is 48.5 Å². The SMILES string of the molecule is CCc1ccc(C=Cc2cc(OC)c(OC)c(OC)c2)c(O)c1O.COc1cc(C=Cc2ccc(C)c(O)c2O)cc(OC)c1OC. The first-order chi connectivity index (χ1) is 22.6. The van der Waals surface area contributed by atoms with E-state index in [0.29, 0.717) is 63.2 Å². The Balaban J connectivity index is 0.000000256. The van der Waals surface area contributed by atoms with Gasteiger partial charge in [0.05, 0.1) is 42.7 Å². The number of rotatable bonds is 11. The van der Waals surface area contributed by atoms with Gasteiger partial charge in [-0.05, 0) is 59.9 Å². The average Bonchev–Trinajstić information content (AvgIpc) is 3.10. The summed E-state index contributed by atoms with van der Waals surface area (Å²) < 4.78 is 31.8. The highest BCUT2D eigenvalue weighted by molar-refractivity contribution is 5.77. The number of ether oxygens (including phenoxy) is 6. The summed E-state index contributed by atoms with van der Waals surface area (Å²) in [7, 11) is 9.30. The van der Waals surface area contributed by atoms with Crippen LogP contribution in [-0.2, 0) is 6.42 Å². The third-order valence-electron chi connectivity index (χ3n) is 7.32. The van der Waals surface area contributed by atoms with Gasteiger partial charge in [0.1, 0.15) is 0 Å². The maximum absolute atomic E-state index is 10.1. The number of aromatic hydroxyl groups is 4. The highest BCUT2D eigenvalue weighted by Gasteiger charge is 2.14. The van der Waals surface area contributed by atoms with E-state index < -0.39 is 0 Å². The molecule has 10 heteroatoms. The van der Waals surface area contributed by atoms with Crippen molar-refractivity contribution < 1.29 is 48.8 Å². The molecular weight excluding hydrogens is 604 g/mol. The Bertz CT molecular complexity index is 1690. The molecule has 0 spiro atoms. The molecule has 250 valence electrons. The fourth-order valence-corrected chi connectivity index (χ4v) is 4.65. The fraction of sp³-hybridized carbons (Fsp3) is 0.243. The van der Waals surface area contributed by atoms with E-state index in [-0.39, 0.29) is 23.0 Å². The first-order valence-electron chi connectivity index (χ1n) is 14.6. The summed E-state index contributed by atoms with van der Waals surface area (Å²) in [5, 5.41) is 39.8. The van der Waals surface area contributed by atoms with Crippen molar-refractivity contribution in [1.82, 2.24) is 0 Å². The van der Waals surface area contributed by atoms with Gasteiger partial charge in [-0.1, -0.05) is 55.5 Å². The van der Waals surface area contributed by atoms with Crippen molar-refractivity contribution in [2.75, 3.05) is 42.7 Å². The second-order valence-corrected chi connectivity index (χ2v) is 10.1. The summed E-state index contributed by atoms with van der Waals surface area (Å²) in [6, 6.07) is 14.2. The summed E-state index contributed by atoms with van der Waals surface area (Å²) >= 11 is 0. The third-order valence-corrected chi connectivity index (χ3v) is 7.32. The van der Waals surface area contributed by atoms with Crippen molar-refractivity contribution in [2.45, 2.75) is 20.3 Å². The normalized spacial score (nSPS) is 10.8. The molecule has 0 fully saturated rings. The Morgan fingerprint density at radius 2 is 0.872 bits per heavy atom. The number of aryl methyl sites for hydroxylation is 2. The summed E-state index contributed by atoms with van der Waals surface area (Å²) in [6.45, 7) is 3.64. The predicted molar refractivity (Wildman–Crippen MR) is 184 cm³/mol. The van der Waals surface area contributed by atoms with Crippen molar-refractivity contribution >= 4 is 24.3 Å². The van der Waals surface area contributed by atoms with Crippen LogP contribution in [0.4, 0.5) is 0 Å². The second kappa shape index (κ2) is 16.6. The molecule has 4 aromatic carbocycles. The first kappa shape index (κ1) is 35.8. The third kappa shape index (κ3) is 8.35. The molecule has 0 heterocycles. The maximum Gasteiger partial charge on any atom is 0.203 e. The Kier molecular flexibility index (Phi) is 12.7. The summed E-state index contributed by atoms with van der Waals surface area (Å²) in [4.78, 5) is 0. The van der Waals surface area contributed by atoms with Crippen molar-refractivity contribution in [3.8, 4) is 57.5 Å². The molecule has 0 amide bonds. The first-order valence-corrected chi connectivity index (χ1v) is 14.6. The molecule has 0 aliphatic heterocycles. The van der Waals surface area contributed by atoms with Gasteiger partial charge in [-0.15, -0.1) is 0 Å². The largest absolute Gasteiger partial charge is 0.504 e. The molecule has 0 unspecified atom stereocenters. The highest BCUT2D eigenvalue weighted by Crippen LogP contribution is 2.41. The van der Waals surface area contributed by atoms with E-state index in [1.807, 2.05) is 6.92 Å². The van der Waals surface area contributed by atoms with Gasteiger partial charge in [0, 0.05) is 11.1 Å². The van der Waals surface area contributed by atoms with E-state index >= 15 is 0 Å². The number of methoxy groups -OCH3 is 6. The van der Waals surface area contributed by atoms with Gasteiger partial charge in [-0.2, -0.15) is 0 Å². The van der Waals surface area contributed by atoms with Crippen molar-refractivity contribution in [2.24, 2.45) is 0 Å². The zero-order valence-corrected chi connectivity index (χ0v) is 27.9. The number of benzene rings is 4. The van der Waals surface area contributed by atoms with Gasteiger partial charge in [0.2, 0.25) is 11.5 Å². The predicted octanol–water partition coefficient (Wildman–Crippen LogP) is 7.46. The van der Waals surface area contributed by atoms with Gasteiger partial charge in [-0.25, -0.2) is 0 Å². The summed E-state index contributed by atoms with van der Waals surface area (Å²) in [5.74, 6) is 2.75. The Labute approximate surface area is 275 Å². The molecule has 0 radical (unpaired) electrons. The van der Waals surface area contributed by atoms with Gasteiger partial charge < -0.3 is 48.8 Å². The molecule has 0 aliphatic rings. The van der Waals surface area contributed by atoms with Crippen LogP contribution in [0.2, 0.25) is 0 Å². The van der Waals surface area contributed by atoms with Crippen molar-refractivity contribution in [3.05, 3.63) is 81.9 Å². The van der Waals surface area contributed by atoms with Gasteiger partial charge >= 0.3 is 0 Å². The van der Waals surface area contributed by atoms with E-state index in [9.17, 15) is 20.4 Å². The van der Waals surface area contributed by atoms with Crippen LogP contribution in [0.5, 0.6) is 57.5 Å². The lowest BCUT2D eigenvalue weighted by Crippen LogP contribution is -1.95. The molecule has 0 aromatic heterocycles. The van der Waals surface area contributed by atoms with Crippen molar-refractivity contribution in [3.63, 3.8) is 0 Å². The molecule has 4 N–H and O–H groups in total. The number of phenols is 4. The van der Waals surface area contributed by atoms with Crippen LogP contribution in [0.3, 0.4) is 0 Å². The van der Waals surface area contributed by atoms with Crippen LogP contribution in [-0.4, -0.2) is 63.1 Å². The molecule has 0 bridgehead atoms. The topological polar surface area (TPSA) is 136 Å². The maximum atomic E-state index is 10.1. The lowest BCUT2D eigenvalue weighted by molar-refractivity contribution is 0.324. The number of phenolic OH excluding ortho intramolecular Hbond substituents is 4. The minimum Gasteiger partial charge on any atom is -0.504 e. The molecule has 0 saturated carbocycles. The molecule has 10 nitrogen and oxygen atoms in total. The quantitative estimate of drug-likeness (QED) is 0.0960. The smallest absolute Gasteiger partial charge is 0.203 e. The van der Waals surface area contributed by atoms with Gasteiger partial charge in [0.15, 0.2) is 46.0 Å². The van der Waals surface area contributed by atoms with Crippen LogP contribution in [0.1, 0.15) is 40.3 Å². The van der Waals surface area contributed by atoms with Crippen LogP contribution >= 0.6 is 0 Å². The fourth-order valence-electron chi connectivity index (χ4n) is 4.65. The number of hydrogen-bond donors (Lipinski definition) is 4. The molecule has 4 rings (SSSR count). The standard InChI is InChI=1S/C19H22O5.C18H20O5/c1-5-13-8-9-14(18(21)17(13)20)7-6-12-10-15(22-2)19(24-4)16(11-12)23-3;1-11-5-7-13(17(20)16(11)19)8-6-12-9-14(21-2)18(23-4)15(10-12)22-3/h6-11,20-21H,5H2,1-4H3;5-10,19-20H,1-4H3. The van der Waals surface area contributed by atoms with E-state index in [4.69, 9.17) is 28.4 Å². The minimum atomic E-state index is -0.145. The molecular formula is C37H42O10. The highest BCUT2D eigenvalue weighted by atomic mass is 16.5. The Morgan fingerprint density at radius 1 is 0.489 bits per heavy atom. The molecule has 0 saturated heterocycles. The van der Waals surface area contributed by atoms with Crippen molar-refractivity contribution in [1.29, 1.82) is 0 Å². The van der Waals surface area contributed by atoms with Crippen LogP contribution < -0.4 is 28.4 Å². The zero-order valence-electron chi connectivity index (χ0n) is 27.9. The minimum absolute atomic E-state index is 0.0791. The molecule has 47 heavy (non-hydrogen) atoms. The molecule has 0 atom stereocenters. The lowest BCUT2D eigenvalue weighted by Gasteiger charge is -2.13. The lowest BCUT2D eigenvalue weighted by atomic mass is 10.1.